The van der Waals surface area contributed by atoms with Crippen LogP contribution in [0.15, 0.2) is 96.1 Å². The molecule has 1 unspecified atom stereocenters. The first kappa shape index (κ1) is 20.2. The molecule has 1 N–H and O–H groups in total. The first-order valence-corrected chi connectivity index (χ1v) is 9.96. The number of hydrazone groups is 1. The quantitative estimate of drug-likeness (QED) is 0.347. The highest BCUT2D eigenvalue weighted by molar-refractivity contribution is 5.87. The molecule has 3 aromatic rings. The standard InChI is InChI=1S/C25H21N3O3/c29-24(27-26-16-8-10-19-9-7-15-22(17-19)28(30)31)23-18-25(23,20-11-3-1-4-12-20)21-13-5-2-6-14-21/h1-17,23H,18H2,(H,27,29)/b10-8+,26-16+. The van der Waals surface area contributed by atoms with Crippen LogP contribution in [0.2, 0.25) is 0 Å². The Morgan fingerprint density at radius 2 is 1.65 bits per heavy atom. The van der Waals surface area contributed by atoms with Gasteiger partial charge in [-0.1, -0.05) is 78.9 Å². The first-order chi connectivity index (χ1) is 15.1. The fraction of sp³-hybridized carbons (Fsp3) is 0.120. The van der Waals surface area contributed by atoms with E-state index in [9.17, 15) is 14.9 Å². The van der Waals surface area contributed by atoms with Crippen molar-refractivity contribution in [3.05, 3.63) is 118 Å². The van der Waals surface area contributed by atoms with E-state index < -0.39 is 4.92 Å². The van der Waals surface area contributed by atoms with Crippen LogP contribution in [0.3, 0.4) is 0 Å². The molecule has 31 heavy (non-hydrogen) atoms. The van der Waals surface area contributed by atoms with Crippen LogP contribution >= 0.6 is 0 Å². The van der Waals surface area contributed by atoms with E-state index in [2.05, 4.69) is 34.8 Å². The molecular weight excluding hydrogens is 390 g/mol. The maximum atomic E-state index is 12.8. The monoisotopic (exact) mass is 411 g/mol. The number of nitro benzene ring substituents is 1. The molecule has 3 aromatic carbocycles. The van der Waals surface area contributed by atoms with Crippen LogP contribution in [0.1, 0.15) is 23.1 Å². The third kappa shape index (κ3) is 4.28. The van der Waals surface area contributed by atoms with Gasteiger partial charge in [-0.05, 0) is 29.2 Å². The fourth-order valence-corrected chi connectivity index (χ4v) is 3.97. The van der Waals surface area contributed by atoms with Crippen LogP contribution in [0.5, 0.6) is 0 Å². The molecule has 0 spiro atoms. The Kier molecular flexibility index (Phi) is 5.71. The average Bonchev–Trinajstić information content (AvgIpc) is 3.57. The van der Waals surface area contributed by atoms with Gasteiger partial charge in [-0.3, -0.25) is 14.9 Å². The van der Waals surface area contributed by atoms with E-state index in [0.717, 1.165) is 17.5 Å². The molecule has 0 aromatic heterocycles. The summed E-state index contributed by atoms with van der Waals surface area (Å²) in [4.78, 5) is 23.2. The number of carbonyl (C=O) groups is 1. The largest absolute Gasteiger partial charge is 0.273 e. The highest BCUT2D eigenvalue weighted by atomic mass is 16.6. The number of rotatable bonds is 7. The summed E-state index contributed by atoms with van der Waals surface area (Å²) in [5.74, 6) is -0.331. The van der Waals surface area contributed by atoms with E-state index in [1.807, 2.05) is 36.4 Å². The van der Waals surface area contributed by atoms with Crippen molar-refractivity contribution in [1.82, 2.24) is 5.43 Å². The third-order valence-electron chi connectivity index (χ3n) is 5.56. The minimum absolute atomic E-state index is 0.0271. The van der Waals surface area contributed by atoms with Crippen LogP contribution in [0.4, 0.5) is 5.69 Å². The molecule has 6 nitrogen and oxygen atoms in total. The van der Waals surface area contributed by atoms with Crippen molar-refractivity contribution in [2.45, 2.75) is 11.8 Å². The van der Waals surface area contributed by atoms with Crippen LogP contribution in [0.25, 0.3) is 6.08 Å². The van der Waals surface area contributed by atoms with Crippen molar-refractivity contribution >= 4 is 23.9 Å². The zero-order chi connectivity index (χ0) is 21.7. The van der Waals surface area contributed by atoms with Crippen molar-refractivity contribution < 1.29 is 9.72 Å². The van der Waals surface area contributed by atoms with Gasteiger partial charge < -0.3 is 0 Å². The summed E-state index contributed by atoms with van der Waals surface area (Å²) in [5.41, 5.74) is 5.24. The zero-order valence-corrected chi connectivity index (χ0v) is 16.7. The Morgan fingerprint density at radius 3 is 2.26 bits per heavy atom. The Labute approximate surface area is 180 Å². The molecule has 1 amide bonds. The molecule has 1 fully saturated rings. The molecule has 1 atom stereocenters. The predicted octanol–water partition coefficient (Wildman–Crippen LogP) is 4.72. The van der Waals surface area contributed by atoms with Crippen molar-refractivity contribution in [1.29, 1.82) is 0 Å². The number of allylic oxidation sites excluding steroid dienone is 1. The fourth-order valence-electron chi connectivity index (χ4n) is 3.97. The Morgan fingerprint density at radius 1 is 1.00 bits per heavy atom. The van der Waals surface area contributed by atoms with Crippen LogP contribution in [-0.4, -0.2) is 17.0 Å². The molecule has 4 rings (SSSR count). The maximum Gasteiger partial charge on any atom is 0.270 e. The lowest BCUT2D eigenvalue weighted by atomic mass is 9.85. The molecule has 6 heteroatoms. The van der Waals surface area contributed by atoms with Gasteiger partial charge in [0.15, 0.2) is 0 Å². The molecule has 0 heterocycles. The van der Waals surface area contributed by atoms with Gasteiger partial charge in [-0.25, -0.2) is 5.43 Å². The number of amides is 1. The summed E-state index contributed by atoms with van der Waals surface area (Å²) in [6, 6.07) is 26.4. The second-order valence-electron chi connectivity index (χ2n) is 7.43. The lowest BCUT2D eigenvalue weighted by Crippen LogP contribution is -2.25. The minimum Gasteiger partial charge on any atom is -0.273 e. The number of nitrogens with one attached hydrogen (secondary N) is 1. The molecule has 1 aliphatic carbocycles. The summed E-state index contributed by atoms with van der Waals surface area (Å²) < 4.78 is 0. The van der Waals surface area contributed by atoms with Crippen LogP contribution in [-0.2, 0) is 10.2 Å². The van der Waals surface area contributed by atoms with Gasteiger partial charge in [0.1, 0.15) is 0 Å². The van der Waals surface area contributed by atoms with Crippen LogP contribution in [0, 0.1) is 16.0 Å². The smallest absolute Gasteiger partial charge is 0.270 e. The third-order valence-corrected chi connectivity index (χ3v) is 5.56. The van der Waals surface area contributed by atoms with Gasteiger partial charge in [0.25, 0.3) is 5.69 Å². The Balaban J connectivity index is 1.43. The molecule has 0 bridgehead atoms. The topological polar surface area (TPSA) is 84.6 Å². The Bertz CT molecular complexity index is 1100. The number of nitro groups is 1. The van der Waals surface area contributed by atoms with E-state index in [-0.39, 0.29) is 22.9 Å². The molecular formula is C25H21N3O3. The summed E-state index contributed by atoms with van der Waals surface area (Å²) in [5, 5.41) is 14.9. The van der Waals surface area contributed by atoms with Gasteiger partial charge in [0, 0.05) is 23.8 Å². The molecule has 1 saturated carbocycles. The number of nitrogens with zero attached hydrogens (tertiary/aromatic N) is 2. The Hall–Kier alpha value is -4.06. The maximum absolute atomic E-state index is 12.8. The summed E-state index contributed by atoms with van der Waals surface area (Å²) in [6.07, 6.45) is 5.52. The van der Waals surface area contributed by atoms with Crippen molar-refractivity contribution in [3.8, 4) is 0 Å². The number of carbonyl (C=O) groups excluding carboxylic acids is 1. The van der Waals surface area contributed by atoms with Gasteiger partial charge >= 0.3 is 0 Å². The van der Waals surface area contributed by atoms with E-state index >= 15 is 0 Å². The number of benzene rings is 3. The molecule has 0 aliphatic heterocycles. The predicted molar refractivity (Wildman–Crippen MR) is 121 cm³/mol. The highest BCUT2D eigenvalue weighted by Gasteiger charge is 2.60. The average molecular weight is 411 g/mol. The minimum atomic E-state index is -0.437. The van der Waals surface area contributed by atoms with Gasteiger partial charge in [-0.15, -0.1) is 0 Å². The number of hydrogen-bond donors (Lipinski definition) is 1. The van der Waals surface area contributed by atoms with Crippen molar-refractivity contribution in [3.63, 3.8) is 0 Å². The molecule has 1 aliphatic rings. The second kappa shape index (κ2) is 8.75. The summed E-state index contributed by atoms with van der Waals surface area (Å²) in [7, 11) is 0. The summed E-state index contributed by atoms with van der Waals surface area (Å²) in [6.45, 7) is 0. The van der Waals surface area contributed by atoms with Crippen molar-refractivity contribution in [2.75, 3.05) is 0 Å². The highest BCUT2D eigenvalue weighted by Crippen LogP contribution is 2.58. The molecule has 154 valence electrons. The van der Waals surface area contributed by atoms with Gasteiger partial charge in [-0.2, -0.15) is 5.10 Å². The van der Waals surface area contributed by atoms with Crippen molar-refractivity contribution in [2.24, 2.45) is 11.0 Å². The second-order valence-corrected chi connectivity index (χ2v) is 7.43. The zero-order valence-electron chi connectivity index (χ0n) is 16.7. The van der Waals surface area contributed by atoms with E-state index in [4.69, 9.17) is 0 Å². The first-order valence-electron chi connectivity index (χ1n) is 9.96. The molecule has 0 saturated heterocycles. The number of non-ortho nitro benzene ring substituents is 1. The number of hydrogen-bond acceptors (Lipinski definition) is 4. The van der Waals surface area contributed by atoms with Crippen LogP contribution < -0.4 is 5.43 Å². The SMILES string of the molecule is O=C(N/N=C/C=C/c1cccc([N+](=O)[O-])c1)C1CC1(c1ccccc1)c1ccccc1. The van der Waals surface area contributed by atoms with E-state index in [1.54, 1.807) is 24.3 Å². The van der Waals surface area contributed by atoms with E-state index in [0.29, 0.717) is 5.56 Å². The lowest BCUT2D eigenvalue weighted by molar-refractivity contribution is -0.384. The lowest BCUT2D eigenvalue weighted by Gasteiger charge is -2.18. The summed E-state index contributed by atoms with van der Waals surface area (Å²) >= 11 is 0. The molecule has 0 radical (unpaired) electrons. The normalized spacial score (nSPS) is 17.0. The van der Waals surface area contributed by atoms with Gasteiger partial charge in [0.2, 0.25) is 5.91 Å². The van der Waals surface area contributed by atoms with Gasteiger partial charge in [0.05, 0.1) is 10.8 Å². The van der Waals surface area contributed by atoms with E-state index in [1.165, 1.54) is 18.3 Å².